The van der Waals surface area contributed by atoms with E-state index >= 15 is 0 Å². The van der Waals surface area contributed by atoms with Gasteiger partial charge < -0.3 is 9.64 Å². The average molecular weight is 337 g/mol. The maximum Gasteiger partial charge on any atom is 0.308 e. The molecule has 24 heavy (non-hydrogen) atoms. The van der Waals surface area contributed by atoms with E-state index in [0.29, 0.717) is 12.8 Å². The summed E-state index contributed by atoms with van der Waals surface area (Å²) < 4.78 is 4.66. The number of nitro benzene ring substituents is 2. The molecule has 0 N–H and O–H groups in total. The van der Waals surface area contributed by atoms with Gasteiger partial charge in [-0.15, -0.1) is 0 Å². The number of hydrogen-bond donors (Lipinski definition) is 0. The number of non-ortho nitro benzene ring substituents is 1. The molecule has 0 aliphatic carbocycles. The molecule has 1 amide bonds. The van der Waals surface area contributed by atoms with Gasteiger partial charge in [-0.3, -0.25) is 29.8 Å². The molecule has 0 unspecified atom stereocenters. The molecular weight excluding hydrogens is 322 g/mol. The van der Waals surface area contributed by atoms with Gasteiger partial charge in [0.2, 0.25) is 0 Å². The molecule has 1 aliphatic rings. The highest BCUT2D eigenvalue weighted by Crippen LogP contribution is 2.27. The molecule has 1 aliphatic heterocycles. The maximum atomic E-state index is 12.5. The third-order valence-corrected chi connectivity index (χ3v) is 3.94. The van der Waals surface area contributed by atoms with E-state index < -0.39 is 27.1 Å². The van der Waals surface area contributed by atoms with Crippen molar-refractivity contribution >= 4 is 23.3 Å². The lowest BCUT2D eigenvalue weighted by Crippen LogP contribution is -2.40. The van der Waals surface area contributed by atoms with E-state index in [4.69, 9.17) is 0 Å². The molecule has 1 saturated heterocycles. The fourth-order valence-electron chi connectivity index (χ4n) is 2.62. The number of likely N-dealkylation sites (tertiary alicyclic amines) is 1. The fraction of sp³-hybridized carbons (Fsp3) is 0.429. The van der Waals surface area contributed by atoms with Crippen LogP contribution in [0.2, 0.25) is 0 Å². The number of nitrogens with zero attached hydrogens (tertiary/aromatic N) is 3. The summed E-state index contributed by atoms with van der Waals surface area (Å²) >= 11 is 0. The number of esters is 1. The molecule has 10 nitrogen and oxygen atoms in total. The summed E-state index contributed by atoms with van der Waals surface area (Å²) in [4.78, 5) is 45.6. The zero-order chi connectivity index (χ0) is 17.9. The van der Waals surface area contributed by atoms with Crippen molar-refractivity contribution in [3.63, 3.8) is 0 Å². The van der Waals surface area contributed by atoms with Crippen LogP contribution in [-0.4, -0.2) is 46.8 Å². The monoisotopic (exact) mass is 337 g/mol. The smallest absolute Gasteiger partial charge is 0.308 e. The largest absolute Gasteiger partial charge is 0.469 e. The number of hydrogen-bond acceptors (Lipinski definition) is 7. The van der Waals surface area contributed by atoms with Crippen LogP contribution in [-0.2, 0) is 9.53 Å². The Hall–Kier alpha value is -3.04. The van der Waals surface area contributed by atoms with E-state index in [-0.39, 0.29) is 30.5 Å². The molecule has 0 radical (unpaired) electrons. The molecule has 2 rings (SSSR count). The molecule has 0 spiro atoms. The standard InChI is InChI=1S/C14H15N3O7/c1-24-14(19)9-4-6-15(7-5-9)13(18)11-3-2-10(16(20)21)8-12(11)17(22)23/h2-3,8-9H,4-7H2,1H3. The van der Waals surface area contributed by atoms with Crippen LogP contribution in [0.25, 0.3) is 0 Å². The molecule has 10 heteroatoms. The second-order valence-corrected chi connectivity index (χ2v) is 5.31. The van der Waals surface area contributed by atoms with E-state index in [1.807, 2.05) is 0 Å². The summed E-state index contributed by atoms with van der Waals surface area (Å²) in [6, 6.07) is 2.92. The van der Waals surface area contributed by atoms with Gasteiger partial charge in [-0.05, 0) is 18.9 Å². The van der Waals surface area contributed by atoms with Gasteiger partial charge in [0.15, 0.2) is 0 Å². The van der Waals surface area contributed by atoms with E-state index in [2.05, 4.69) is 4.74 Å². The topological polar surface area (TPSA) is 133 Å². The van der Waals surface area contributed by atoms with Crippen molar-refractivity contribution in [3.8, 4) is 0 Å². The minimum Gasteiger partial charge on any atom is -0.469 e. The van der Waals surface area contributed by atoms with Crippen molar-refractivity contribution in [3.05, 3.63) is 44.0 Å². The van der Waals surface area contributed by atoms with Gasteiger partial charge in [-0.2, -0.15) is 0 Å². The molecule has 1 heterocycles. The van der Waals surface area contributed by atoms with Gasteiger partial charge in [0.25, 0.3) is 17.3 Å². The molecule has 0 aromatic heterocycles. The highest BCUT2D eigenvalue weighted by atomic mass is 16.6. The lowest BCUT2D eigenvalue weighted by Gasteiger charge is -2.30. The quantitative estimate of drug-likeness (QED) is 0.462. The number of rotatable bonds is 4. The summed E-state index contributed by atoms with van der Waals surface area (Å²) in [5.74, 6) is -1.23. The molecular formula is C14H15N3O7. The van der Waals surface area contributed by atoms with Crippen LogP contribution in [0.1, 0.15) is 23.2 Å². The van der Waals surface area contributed by atoms with Gasteiger partial charge in [0, 0.05) is 19.2 Å². The van der Waals surface area contributed by atoms with Crippen molar-refractivity contribution in [2.45, 2.75) is 12.8 Å². The van der Waals surface area contributed by atoms with Crippen molar-refractivity contribution in [1.82, 2.24) is 4.90 Å². The molecule has 1 fully saturated rings. The molecule has 128 valence electrons. The SMILES string of the molecule is COC(=O)C1CCN(C(=O)c2ccc([N+](=O)[O-])cc2[N+](=O)[O-])CC1. The van der Waals surface area contributed by atoms with Gasteiger partial charge >= 0.3 is 5.97 Å². The Balaban J connectivity index is 2.20. The van der Waals surface area contributed by atoms with Crippen LogP contribution in [0, 0.1) is 26.1 Å². The average Bonchev–Trinajstić information content (AvgIpc) is 2.59. The number of amides is 1. The Kier molecular flexibility index (Phi) is 5.07. The highest BCUT2D eigenvalue weighted by molar-refractivity contribution is 5.98. The summed E-state index contributed by atoms with van der Waals surface area (Å²) in [6.07, 6.45) is 0.804. The van der Waals surface area contributed by atoms with E-state index in [1.165, 1.54) is 12.0 Å². The second-order valence-electron chi connectivity index (χ2n) is 5.31. The number of ether oxygens (including phenoxy) is 1. The van der Waals surface area contributed by atoms with Crippen LogP contribution in [0.5, 0.6) is 0 Å². The number of piperidine rings is 1. The predicted octanol–water partition coefficient (Wildman–Crippen LogP) is 1.53. The van der Waals surface area contributed by atoms with Crippen LogP contribution in [0.3, 0.4) is 0 Å². The third-order valence-electron chi connectivity index (χ3n) is 3.94. The molecule has 0 saturated carbocycles. The number of benzene rings is 1. The van der Waals surface area contributed by atoms with Crippen LogP contribution in [0.15, 0.2) is 18.2 Å². The first-order valence-electron chi connectivity index (χ1n) is 7.15. The fourth-order valence-corrected chi connectivity index (χ4v) is 2.62. The Morgan fingerprint density at radius 2 is 1.79 bits per heavy atom. The Morgan fingerprint density at radius 3 is 2.29 bits per heavy atom. The van der Waals surface area contributed by atoms with Crippen LogP contribution < -0.4 is 0 Å². The lowest BCUT2D eigenvalue weighted by molar-refractivity contribution is -0.394. The zero-order valence-corrected chi connectivity index (χ0v) is 12.8. The van der Waals surface area contributed by atoms with Gasteiger partial charge in [0.05, 0.1) is 28.9 Å². The lowest BCUT2D eigenvalue weighted by atomic mass is 9.96. The number of nitro groups is 2. The first-order valence-corrected chi connectivity index (χ1v) is 7.15. The third kappa shape index (κ3) is 3.47. The molecule has 0 atom stereocenters. The second kappa shape index (κ2) is 7.02. The Bertz CT molecular complexity index is 696. The first-order chi connectivity index (χ1) is 11.3. The van der Waals surface area contributed by atoms with Crippen molar-refractivity contribution in [2.75, 3.05) is 20.2 Å². The minimum atomic E-state index is -0.818. The van der Waals surface area contributed by atoms with E-state index in [1.54, 1.807) is 0 Å². The first kappa shape index (κ1) is 17.3. The molecule has 1 aromatic rings. The number of carbonyl (C=O) groups excluding carboxylic acids is 2. The minimum absolute atomic E-state index is 0.206. The van der Waals surface area contributed by atoms with Crippen molar-refractivity contribution in [1.29, 1.82) is 0 Å². The summed E-state index contributed by atoms with van der Waals surface area (Å²) in [5.41, 5.74) is -1.27. The van der Waals surface area contributed by atoms with Gasteiger partial charge in [0.1, 0.15) is 5.56 Å². The van der Waals surface area contributed by atoms with Crippen molar-refractivity contribution in [2.24, 2.45) is 5.92 Å². The Morgan fingerprint density at radius 1 is 1.17 bits per heavy atom. The van der Waals surface area contributed by atoms with Crippen LogP contribution >= 0.6 is 0 Å². The molecule has 1 aromatic carbocycles. The molecule has 0 bridgehead atoms. The van der Waals surface area contributed by atoms with Gasteiger partial charge in [-0.1, -0.05) is 0 Å². The summed E-state index contributed by atoms with van der Waals surface area (Å²) in [6.45, 7) is 0.513. The predicted molar refractivity (Wildman–Crippen MR) is 80.4 cm³/mol. The normalized spacial score (nSPS) is 15.0. The summed E-state index contributed by atoms with van der Waals surface area (Å²) in [7, 11) is 1.29. The maximum absolute atomic E-state index is 12.5. The van der Waals surface area contributed by atoms with Gasteiger partial charge in [-0.25, -0.2) is 0 Å². The van der Waals surface area contributed by atoms with Crippen LogP contribution in [0.4, 0.5) is 11.4 Å². The number of methoxy groups -OCH3 is 1. The summed E-state index contributed by atoms with van der Waals surface area (Å²) in [5, 5.41) is 21.8. The van der Waals surface area contributed by atoms with E-state index in [9.17, 15) is 29.8 Å². The Labute approximate surface area is 136 Å². The zero-order valence-electron chi connectivity index (χ0n) is 12.8. The van der Waals surface area contributed by atoms with E-state index in [0.717, 1.165) is 18.2 Å². The highest BCUT2D eigenvalue weighted by Gasteiger charge is 2.32. The number of carbonyl (C=O) groups is 2. The van der Waals surface area contributed by atoms with Crippen molar-refractivity contribution < 1.29 is 24.2 Å².